The molecule has 3 amide bonds. The van der Waals surface area contributed by atoms with E-state index in [2.05, 4.69) is 20.9 Å². The summed E-state index contributed by atoms with van der Waals surface area (Å²) in [5, 5.41) is 0.622. The molecule has 114 valence electrons. The van der Waals surface area contributed by atoms with Crippen LogP contribution in [0.2, 0.25) is 5.02 Å². The number of imide groups is 1. The van der Waals surface area contributed by atoms with Crippen molar-refractivity contribution in [3.8, 4) is 0 Å². The van der Waals surface area contributed by atoms with Crippen molar-refractivity contribution in [2.75, 3.05) is 14.1 Å². The molecule has 2 aliphatic heterocycles. The minimum atomic E-state index is -0.627. The number of hydrogen-bond acceptors (Lipinski definition) is 3. The van der Waals surface area contributed by atoms with Gasteiger partial charge in [-0.25, -0.2) is 9.37 Å². The Morgan fingerprint density at radius 1 is 1.27 bits per heavy atom. The van der Waals surface area contributed by atoms with Crippen LogP contribution in [-0.2, 0) is 11.3 Å². The van der Waals surface area contributed by atoms with E-state index in [1.165, 1.54) is 11.9 Å². The van der Waals surface area contributed by atoms with Gasteiger partial charge in [0.2, 0.25) is 0 Å². The molecular formula is C14H13BrClN4O2+. The van der Waals surface area contributed by atoms with Gasteiger partial charge in [0, 0.05) is 24.7 Å². The third-order valence-electron chi connectivity index (χ3n) is 3.78. The summed E-state index contributed by atoms with van der Waals surface area (Å²) in [5.74, 6) is 0.121. The highest BCUT2D eigenvalue weighted by Crippen LogP contribution is 2.24. The summed E-state index contributed by atoms with van der Waals surface area (Å²) < 4.78 is 2.30. The monoisotopic (exact) mass is 383 g/mol. The number of fused-ring (bicyclic) bond motifs is 1. The molecule has 1 saturated heterocycles. The highest BCUT2D eigenvalue weighted by atomic mass is 79.9. The van der Waals surface area contributed by atoms with Gasteiger partial charge in [0.25, 0.3) is 17.8 Å². The van der Waals surface area contributed by atoms with E-state index in [1.54, 1.807) is 17.7 Å². The molecular weight excluding hydrogens is 372 g/mol. The lowest BCUT2D eigenvalue weighted by atomic mass is 10.1. The van der Waals surface area contributed by atoms with Crippen molar-refractivity contribution in [2.24, 2.45) is 4.99 Å². The number of carbonyl (C=O) groups is 2. The Balaban J connectivity index is 1.98. The van der Waals surface area contributed by atoms with Gasteiger partial charge in [-0.1, -0.05) is 29.8 Å². The van der Waals surface area contributed by atoms with Crippen LogP contribution in [0.4, 0.5) is 4.79 Å². The van der Waals surface area contributed by atoms with Crippen LogP contribution in [0.5, 0.6) is 0 Å². The number of amidine groups is 2. The van der Waals surface area contributed by atoms with Crippen LogP contribution in [-0.4, -0.2) is 57.0 Å². The van der Waals surface area contributed by atoms with Gasteiger partial charge in [0.1, 0.15) is 6.54 Å². The number of halogens is 2. The maximum atomic E-state index is 12.5. The Morgan fingerprint density at radius 3 is 2.64 bits per heavy atom. The Kier molecular flexibility index (Phi) is 3.78. The van der Waals surface area contributed by atoms with E-state index in [1.807, 2.05) is 18.2 Å². The highest BCUT2D eigenvalue weighted by molar-refractivity contribution is 9.18. The first-order valence-corrected chi connectivity index (χ1v) is 7.75. The summed E-state index contributed by atoms with van der Waals surface area (Å²) in [6, 6.07) is 6.41. The summed E-state index contributed by atoms with van der Waals surface area (Å²) in [5.41, 5.74) is 0.882. The van der Waals surface area contributed by atoms with E-state index in [0.29, 0.717) is 22.1 Å². The van der Waals surface area contributed by atoms with Gasteiger partial charge in [-0.2, -0.15) is 0 Å². The van der Waals surface area contributed by atoms with E-state index in [9.17, 15) is 9.59 Å². The van der Waals surface area contributed by atoms with Crippen LogP contribution in [0.25, 0.3) is 0 Å². The van der Waals surface area contributed by atoms with Crippen LogP contribution >= 0.6 is 27.5 Å². The Bertz CT molecular complexity index is 746. The predicted octanol–water partition coefficient (Wildman–Crippen LogP) is 1.91. The Labute approximate surface area is 140 Å². The molecule has 0 aromatic heterocycles. The molecule has 8 heteroatoms. The molecule has 2 heterocycles. The topological polar surface area (TPSA) is 56.0 Å². The maximum absolute atomic E-state index is 12.5. The lowest BCUT2D eigenvalue weighted by molar-refractivity contribution is -0.548. The number of likely N-dealkylation sites (N-methyl/N-ethyl adjacent to an activating group) is 2. The van der Waals surface area contributed by atoms with Gasteiger partial charge in [0.05, 0.1) is 15.9 Å². The third kappa shape index (κ3) is 2.24. The summed E-state index contributed by atoms with van der Waals surface area (Å²) in [6.45, 7) is 0.416. The van der Waals surface area contributed by atoms with Crippen molar-refractivity contribution in [2.45, 2.75) is 12.6 Å². The zero-order valence-electron chi connectivity index (χ0n) is 12.0. The first-order chi connectivity index (χ1) is 10.4. The van der Waals surface area contributed by atoms with Gasteiger partial charge in [0.15, 0.2) is 0 Å². The molecule has 1 aromatic rings. The Hall–Kier alpha value is -1.73. The SMILES string of the molecule is CN1C(=O)C2C(=NC(Br)=[N+]2Cc2ccccc2Cl)N(C)C1=O. The first kappa shape index (κ1) is 15.2. The number of aliphatic imine (C=N–C) groups is 1. The lowest BCUT2D eigenvalue weighted by Gasteiger charge is -2.30. The number of amides is 3. The van der Waals surface area contributed by atoms with Crippen molar-refractivity contribution < 1.29 is 14.2 Å². The van der Waals surface area contributed by atoms with Crippen molar-refractivity contribution in [3.05, 3.63) is 34.9 Å². The lowest BCUT2D eigenvalue weighted by Crippen LogP contribution is -2.61. The summed E-state index contributed by atoms with van der Waals surface area (Å²) in [6.07, 6.45) is 0. The van der Waals surface area contributed by atoms with Gasteiger partial charge < -0.3 is 0 Å². The molecule has 1 atom stereocenters. The summed E-state index contributed by atoms with van der Waals surface area (Å²) in [7, 11) is 3.08. The smallest absolute Gasteiger partial charge is 0.269 e. The molecule has 1 unspecified atom stereocenters. The zero-order chi connectivity index (χ0) is 16.0. The van der Waals surface area contributed by atoms with Crippen LogP contribution in [0.1, 0.15) is 5.56 Å². The van der Waals surface area contributed by atoms with Gasteiger partial charge in [-0.05, 0) is 11.1 Å². The second kappa shape index (κ2) is 5.48. The summed E-state index contributed by atoms with van der Waals surface area (Å²) >= 11 is 9.57. The van der Waals surface area contributed by atoms with E-state index in [0.717, 1.165) is 10.5 Å². The highest BCUT2D eigenvalue weighted by Gasteiger charge is 2.52. The van der Waals surface area contributed by atoms with Crippen molar-refractivity contribution >= 4 is 50.0 Å². The minimum absolute atomic E-state index is 0.302. The quantitative estimate of drug-likeness (QED) is 0.578. The minimum Gasteiger partial charge on any atom is -0.269 e. The second-order valence-electron chi connectivity index (χ2n) is 5.10. The second-order valence-corrected chi connectivity index (χ2v) is 6.22. The third-order valence-corrected chi connectivity index (χ3v) is 4.78. The molecule has 0 radical (unpaired) electrons. The molecule has 2 aliphatic rings. The first-order valence-electron chi connectivity index (χ1n) is 6.58. The van der Waals surface area contributed by atoms with E-state index in [4.69, 9.17) is 11.6 Å². The number of hydrogen-bond donors (Lipinski definition) is 0. The fourth-order valence-electron chi connectivity index (χ4n) is 2.54. The van der Waals surface area contributed by atoms with E-state index < -0.39 is 6.04 Å². The molecule has 6 nitrogen and oxygen atoms in total. The predicted molar refractivity (Wildman–Crippen MR) is 86.5 cm³/mol. The molecule has 0 spiro atoms. The number of rotatable bonds is 2. The fourth-order valence-corrected chi connectivity index (χ4v) is 3.24. The molecule has 22 heavy (non-hydrogen) atoms. The number of carbonyl (C=O) groups excluding carboxylic acids is 2. The Morgan fingerprint density at radius 2 is 1.95 bits per heavy atom. The molecule has 0 N–H and O–H groups in total. The van der Waals surface area contributed by atoms with Gasteiger partial charge in [-0.15, -0.1) is 0 Å². The van der Waals surface area contributed by atoms with Crippen LogP contribution in [0.3, 0.4) is 0 Å². The van der Waals surface area contributed by atoms with Crippen molar-refractivity contribution in [1.82, 2.24) is 9.80 Å². The largest absolute Gasteiger partial charge is 0.365 e. The van der Waals surface area contributed by atoms with E-state index in [-0.39, 0.29) is 11.9 Å². The fraction of sp³-hybridized carbons (Fsp3) is 0.286. The average Bonchev–Trinajstić information content (AvgIpc) is 2.82. The normalized spacial score (nSPS) is 21.5. The summed E-state index contributed by atoms with van der Waals surface area (Å²) in [4.78, 5) is 31.3. The molecule has 1 fully saturated rings. The maximum Gasteiger partial charge on any atom is 0.365 e. The number of nitrogens with zero attached hydrogens (tertiary/aromatic N) is 4. The standard InChI is InChI=1S/C14H13BrClN4O2/c1-18-11-10(12(21)19(2)14(18)22)20(13(15)17-11)7-8-5-3-4-6-9(8)16/h3-6,10H,7H2,1-2H3/q+1. The number of benzene rings is 1. The molecule has 3 rings (SSSR count). The number of urea groups is 1. The van der Waals surface area contributed by atoms with Crippen LogP contribution in [0, 0.1) is 0 Å². The van der Waals surface area contributed by atoms with E-state index >= 15 is 0 Å². The van der Waals surface area contributed by atoms with Crippen LogP contribution in [0.15, 0.2) is 29.3 Å². The molecule has 0 bridgehead atoms. The van der Waals surface area contributed by atoms with Crippen molar-refractivity contribution in [3.63, 3.8) is 0 Å². The average molecular weight is 385 g/mol. The molecule has 0 aliphatic carbocycles. The van der Waals surface area contributed by atoms with Gasteiger partial charge >= 0.3 is 10.8 Å². The van der Waals surface area contributed by atoms with Crippen LogP contribution < -0.4 is 0 Å². The molecule has 1 aromatic carbocycles. The zero-order valence-corrected chi connectivity index (χ0v) is 14.3. The van der Waals surface area contributed by atoms with Gasteiger partial charge in [-0.3, -0.25) is 14.6 Å². The van der Waals surface area contributed by atoms with Crippen molar-refractivity contribution in [1.29, 1.82) is 0 Å². The molecule has 0 saturated carbocycles.